The number of hydrogen-bond donors (Lipinski definition) is 1. The van der Waals surface area contributed by atoms with E-state index in [1.807, 2.05) is 5.21 Å². The van der Waals surface area contributed by atoms with E-state index in [-0.39, 0.29) is 5.88 Å². The number of aromatic amines is 1. The van der Waals surface area contributed by atoms with Crippen LogP contribution in [0, 0.1) is 5.95 Å². The Kier molecular flexibility index (Phi) is 1.11. The summed E-state index contributed by atoms with van der Waals surface area (Å²) in [4.78, 5) is 0. The molecular weight excluding hydrogens is 113 g/mol. The fourth-order valence-electron chi connectivity index (χ4n) is 0.338. The maximum atomic E-state index is 12.0. The van der Waals surface area contributed by atoms with E-state index >= 15 is 0 Å². The van der Waals surface area contributed by atoms with Crippen LogP contribution in [0.3, 0.4) is 0 Å². The van der Waals surface area contributed by atoms with Gasteiger partial charge in [-0.25, -0.2) is 0 Å². The van der Waals surface area contributed by atoms with Crippen molar-refractivity contribution in [2.24, 2.45) is 0 Å². The minimum absolute atomic E-state index is 0.106. The number of nitrogens with zero attached hydrogens (tertiary/aromatic N) is 2. The lowest BCUT2D eigenvalue weighted by atomic mass is 10.8. The Hall–Kier alpha value is -1.13. The second-order valence-corrected chi connectivity index (χ2v) is 1.12. The Bertz CT molecular complexity index is 175. The summed E-state index contributed by atoms with van der Waals surface area (Å²) in [7, 11) is 1.32. The molecule has 0 aliphatic heterocycles. The highest BCUT2D eigenvalue weighted by Crippen LogP contribution is 2.04. The van der Waals surface area contributed by atoms with Gasteiger partial charge in [-0.05, 0) is 0 Å². The molecule has 0 saturated heterocycles. The summed E-state index contributed by atoms with van der Waals surface area (Å²) in [6.45, 7) is 0. The van der Waals surface area contributed by atoms with E-state index in [4.69, 9.17) is 0 Å². The van der Waals surface area contributed by atoms with E-state index in [0.29, 0.717) is 0 Å². The van der Waals surface area contributed by atoms with Crippen LogP contribution in [0.2, 0.25) is 0 Å². The van der Waals surface area contributed by atoms with Gasteiger partial charge in [0, 0.05) is 0 Å². The average molecular weight is 117 g/mol. The van der Waals surface area contributed by atoms with Crippen molar-refractivity contribution in [2.45, 2.75) is 0 Å². The van der Waals surface area contributed by atoms with Crippen LogP contribution >= 0.6 is 0 Å². The zero-order valence-electron chi connectivity index (χ0n) is 4.18. The molecule has 0 fully saturated rings. The van der Waals surface area contributed by atoms with Gasteiger partial charge in [-0.2, -0.15) is 9.60 Å². The smallest absolute Gasteiger partial charge is 0.295 e. The number of hydrogen-bond acceptors (Lipinski definition) is 3. The second kappa shape index (κ2) is 1.77. The van der Waals surface area contributed by atoms with Crippen LogP contribution in [0.1, 0.15) is 0 Å². The second-order valence-electron chi connectivity index (χ2n) is 1.12. The molecule has 1 aromatic heterocycles. The Morgan fingerprint density at radius 1 is 1.62 bits per heavy atom. The lowest BCUT2D eigenvalue weighted by Gasteiger charge is -1.85. The molecule has 0 aliphatic rings. The Morgan fingerprint density at radius 3 is 2.62 bits per heavy atom. The molecule has 0 atom stereocenters. The number of aromatic nitrogens is 3. The maximum Gasteiger partial charge on any atom is 0.295 e. The molecule has 0 aliphatic carbocycles. The number of halogens is 1. The van der Waals surface area contributed by atoms with Crippen molar-refractivity contribution >= 4 is 0 Å². The zero-order valence-corrected chi connectivity index (χ0v) is 4.18. The fraction of sp³-hybridized carbons (Fsp3) is 0.333. The summed E-state index contributed by atoms with van der Waals surface area (Å²) in [5.74, 6) is -0.822. The fourth-order valence-corrected chi connectivity index (χ4v) is 0.338. The highest BCUT2D eigenvalue weighted by Gasteiger charge is 2.03. The largest absolute Gasteiger partial charge is 0.477 e. The van der Waals surface area contributed by atoms with E-state index in [1.165, 1.54) is 7.11 Å². The van der Waals surface area contributed by atoms with Gasteiger partial charge in [0.15, 0.2) is 0 Å². The third kappa shape index (κ3) is 0.617. The first-order valence-electron chi connectivity index (χ1n) is 1.95. The van der Waals surface area contributed by atoms with Crippen LogP contribution in [-0.4, -0.2) is 22.5 Å². The van der Waals surface area contributed by atoms with Crippen molar-refractivity contribution in [2.75, 3.05) is 7.11 Å². The van der Waals surface area contributed by atoms with Crippen LogP contribution in [0.25, 0.3) is 0 Å². The van der Waals surface area contributed by atoms with Gasteiger partial charge in [-0.3, -0.25) is 0 Å². The van der Waals surface area contributed by atoms with Crippen molar-refractivity contribution in [1.82, 2.24) is 15.4 Å². The number of methoxy groups -OCH3 is 1. The third-order valence-electron chi connectivity index (χ3n) is 0.670. The Labute approximate surface area is 44.7 Å². The molecule has 1 N–H and O–H groups in total. The first-order chi connectivity index (χ1) is 3.84. The van der Waals surface area contributed by atoms with Crippen LogP contribution < -0.4 is 4.74 Å². The molecule has 0 spiro atoms. The quantitative estimate of drug-likeness (QED) is 0.561. The molecule has 8 heavy (non-hydrogen) atoms. The Morgan fingerprint density at radius 2 is 2.38 bits per heavy atom. The lowest BCUT2D eigenvalue weighted by molar-refractivity contribution is 0.369. The Balaban J connectivity index is 2.92. The van der Waals surface area contributed by atoms with Crippen molar-refractivity contribution in [3.63, 3.8) is 0 Å². The topological polar surface area (TPSA) is 50.8 Å². The highest BCUT2D eigenvalue weighted by molar-refractivity contribution is 5.00. The summed E-state index contributed by atoms with van der Waals surface area (Å²) in [5.41, 5.74) is 0. The maximum absolute atomic E-state index is 12.0. The first-order valence-corrected chi connectivity index (χ1v) is 1.95. The van der Waals surface area contributed by atoms with Crippen LogP contribution in [0.15, 0.2) is 0 Å². The van der Waals surface area contributed by atoms with E-state index in [0.717, 1.165) is 0 Å². The molecule has 44 valence electrons. The van der Waals surface area contributed by atoms with Crippen LogP contribution in [-0.2, 0) is 0 Å². The summed E-state index contributed by atoms with van der Waals surface area (Å²) in [5, 5.41) is 8.41. The number of ether oxygens (including phenoxy) is 1. The molecule has 1 heterocycles. The molecule has 0 radical (unpaired) electrons. The van der Waals surface area contributed by atoms with E-state index in [2.05, 4.69) is 14.9 Å². The summed E-state index contributed by atoms with van der Waals surface area (Å²) in [6, 6.07) is 0. The predicted molar refractivity (Wildman–Crippen MR) is 22.9 cm³/mol. The summed E-state index contributed by atoms with van der Waals surface area (Å²) >= 11 is 0. The van der Waals surface area contributed by atoms with Gasteiger partial charge in [0.25, 0.3) is 11.8 Å². The minimum Gasteiger partial charge on any atom is -0.477 e. The van der Waals surface area contributed by atoms with Crippen LogP contribution in [0.5, 0.6) is 5.88 Å². The third-order valence-corrected chi connectivity index (χ3v) is 0.670. The molecular formula is C3H4FN3O. The van der Waals surface area contributed by atoms with Crippen molar-refractivity contribution < 1.29 is 9.13 Å². The van der Waals surface area contributed by atoms with Crippen molar-refractivity contribution in [1.29, 1.82) is 0 Å². The van der Waals surface area contributed by atoms with Gasteiger partial charge >= 0.3 is 0 Å². The molecule has 0 amide bonds. The van der Waals surface area contributed by atoms with Gasteiger partial charge < -0.3 is 4.74 Å². The highest BCUT2D eigenvalue weighted by atomic mass is 19.1. The molecule has 0 saturated carbocycles. The first kappa shape index (κ1) is 5.02. The monoisotopic (exact) mass is 117 g/mol. The average Bonchev–Trinajstić information content (AvgIpc) is 2.14. The number of nitrogens with one attached hydrogen (secondary N) is 1. The van der Waals surface area contributed by atoms with E-state index in [9.17, 15) is 4.39 Å². The molecule has 0 unspecified atom stereocenters. The molecule has 1 aromatic rings. The summed E-state index contributed by atoms with van der Waals surface area (Å²) in [6.07, 6.45) is 0. The molecule has 0 bridgehead atoms. The van der Waals surface area contributed by atoms with E-state index in [1.54, 1.807) is 0 Å². The number of H-pyrrole nitrogens is 1. The van der Waals surface area contributed by atoms with Crippen molar-refractivity contribution in [3.8, 4) is 5.88 Å². The van der Waals surface area contributed by atoms with Gasteiger partial charge in [-0.1, -0.05) is 0 Å². The van der Waals surface area contributed by atoms with Crippen molar-refractivity contribution in [3.05, 3.63) is 5.95 Å². The summed E-state index contributed by atoms with van der Waals surface area (Å²) < 4.78 is 16.4. The minimum atomic E-state index is -0.715. The zero-order chi connectivity index (χ0) is 5.98. The predicted octanol–water partition coefficient (Wildman–Crippen LogP) is -0.0476. The SMILES string of the molecule is COc1n[nH]nc1F. The van der Waals surface area contributed by atoms with Crippen LogP contribution in [0.4, 0.5) is 4.39 Å². The van der Waals surface area contributed by atoms with Gasteiger partial charge in [0.1, 0.15) is 0 Å². The van der Waals surface area contributed by atoms with Gasteiger partial charge in [0.05, 0.1) is 7.11 Å². The normalized spacial score (nSPS) is 9.25. The van der Waals surface area contributed by atoms with E-state index < -0.39 is 5.95 Å². The molecule has 1 rings (SSSR count). The molecule has 4 nitrogen and oxygen atoms in total. The molecule has 5 heteroatoms. The standard InChI is InChI=1S/C3H4FN3O/c1-8-3-2(4)5-7-6-3/h1H3,(H,5,6,7). The van der Waals surface area contributed by atoms with Gasteiger partial charge in [-0.15, -0.1) is 10.2 Å². The van der Waals surface area contributed by atoms with Gasteiger partial charge in [0.2, 0.25) is 0 Å². The lowest BCUT2D eigenvalue weighted by Crippen LogP contribution is -1.84. The molecule has 0 aromatic carbocycles. The number of rotatable bonds is 1.